The Bertz CT molecular complexity index is 821. The Morgan fingerprint density at radius 2 is 2.00 bits per heavy atom. The maximum Gasteiger partial charge on any atom is 0.263 e. The zero-order chi connectivity index (χ0) is 20.1. The first-order chi connectivity index (χ1) is 13.5. The molecule has 1 fully saturated rings. The van der Waals surface area contributed by atoms with Crippen LogP contribution in [0, 0.1) is 12.8 Å². The lowest BCUT2D eigenvalue weighted by atomic mass is 9.95. The smallest absolute Gasteiger partial charge is 0.263 e. The van der Waals surface area contributed by atoms with Gasteiger partial charge in [0.2, 0.25) is 5.91 Å². The van der Waals surface area contributed by atoms with E-state index in [1.165, 1.54) is 10.4 Å². The monoisotopic (exact) mass is 399 g/mol. The molecule has 5 nitrogen and oxygen atoms in total. The third kappa shape index (κ3) is 4.79. The SMILES string of the molecule is CCCc1sc(C(=O)N2CCC(C(=O)Nc3ccc(C)cn3)CC2)cc1CC. The van der Waals surface area contributed by atoms with Gasteiger partial charge in [-0.3, -0.25) is 9.59 Å². The number of carbonyl (C=O) groups excluding carboxylic acids is 2. The number of rotatable bonds is 6. The predicted molar refractivity (Wildman–Crippen MR) is 114 cm³/mol. The average Bonchev–Trinajstić information content (AvgIpc) is 3.12. The normalized spacial score (nSPS) is 14.9. The highest BCUT2D eigenvalue weighted by molar-refractivity contribution is 7.14. The number of nitrogens with zero attached hydrogens (tertiary/aromatic N) is 2. The molecule has 28 heavy (non-hydrogen) atoms. The zero-order valence-electron chi connectivity index (χ0n) is 17.0. The number of pyridine rings is 1. The van der Waals surface area contributed by atoms with Crippen molar-refractivity contribution in [1.82, 2.24) is 9.88 Å². The molecule has 0 radical (unpaired) electrons. The van der Waals surface area contributed by atoms with Gasteiger partial charge in [-0.15, -0.1) is 11.3 Å². The van der Waals surface area contributed by atoms with Gasteiger partial charge in [-0.05, 0) is 55.9 Å². The Labute approximate surface area is 171 Å². The van der Waals surface area contributed by atoms with Crippen LogP contribution in [0.5, 0.6) is 0 Å². The largest absolute Gasteiger partial charge is 0.338 e. The van der Waals surface area contributed by atoms with Crippen LogP contribution in [0.4, 0.5) is 5.82 Å². The summed E-state index contributed by atoms with van der Waals surface area (Å²) in [5.41, 5.74) is 2.36. The molecule has 1 N–H and O–H groups in total. The quantitative estimate of drug-likeness (QED) is 0.780. The molecule has 1 aliphatic rings. The van der Waals surface area contributed by atoms with Crippen LogP contribution in [0.2, 0.25) is 0 Å². The highest BCUT2D eigenvalue weighted by Crippen LogP contribution is 2.27. The first kappa shape index (κ1) is 20.5. The fourth-order valence-electron chi connectivity index (χ4n) is 3.58. The minimum Gasteiger partial charge on any atom is -0.338 e. The summed E-state index contributed by atoms with van der Waals surface area (Å²) in [5.74, 6) is 0.625. The highest BCUT2D eigenvalue weighted by Gasteiger charge is 2.29. The molecule has 0 atom stereocenters. The Morgan fingerprint density at radius 3 is 2.61 bits per heavy atom. The van der Waals surface area contributed by atoms with Crippen molar-refractivity contribution in [2.45, 2.75) is 52.9 Å². The zero-order valence-corrected chi connectivity index (χ0v) is 17.8. The lowest BCUT2D eigenvalue weighted by Gasteiger charge is -2.31. The van der Waals surface area contributed by atoms with Crippen LogP contribution in [0.1, 0.15) is 58.8 Å². The molecule has 2 aromatic heterocycles. The molecule has 0 aromatic carbocycles. The first-order valence-corrected chi connectivity index (χ1v) is 11.0. The number of aryl methyl sites for hydroxylation is 3. The fourth-order valence-corrected chi connectivity index (χ4v) is 4.90. The van der Waals surface area contributed by atoms with E-state index in [9.17, 15) is 9.59 Å². The molecule has 0 saturated carbocycles. The molecule has 1 saturated heterocycles. The summed E-state index contributed by atoms with van der Waals surface area (Å²) in [4.78, 5) is 33.7. The molecule has 0 unspecified atom stereocenters. The van der Waals surface area contributed by atoms with Gasteiger partial charge in [-0.2, -0.15) is 0 Å². The predicted octanol–water partition coefficient (Wildman–Crippen LogP) is 4.46. The lowest BCUT2D eigenvalue weighted by Crippen LogP contribution is -2.41. The van der Waals surface area contributed by atoms with Crippen LogP contribution in [-0.2, 0) is 17.6 Å². The number of anilines is 1. The summed E-state index contributed by atoms with van der Waals surface area (Å²) in [5, 5.41) is 2.90. The molecule has 3 rings (SSSR count). The number of piperidine rings is 1. The second-order valence-corrected chi connectivity index (χ2v) is 8.58. The molecule has 2 aromatic rings. The van der Waals surface area contributed by atoms with Crippen molar-refractivity contribution in [3.63, 3.8) is 0 Å². The van der Waals surface area contributed by atoms with Gasteiger partial charge >= 0.3 is 0 Å². The van der Waals surface area contributed by atoms with Gasteiger partial charge < -0.3 is 10.2 Å². The minimum absolute atomic E-state index is 0.00178. The van der Waals surface area contributed by atoms with E-state index in [0.29, 0.717) is 31.7 Å². The molecule has 6 heteroatoms. The Morgan fingerprint density at radius 1 is 1.25 bits per heavy atom. The first-order valence-electron chi connectivity index (χ1n) is 10.2. The van der Waals surface area contributed by atoms with E-state index in [-0.39, 0.29) is 17.7 Å². The van der Waals surface area contributed by atoms with Crippen LogP contribution < -0.4 is 5.32 Å². The topological polar surface area (TPSA) is 62.3 Å². The Kier molecular flexibility index (Phi) is 6.83. The number of carbonyl (C=O) groups is 2. The maximum atomic E-state index is 12.9. The highest BCUT2D eigenvalue weighted by atomic mass is 32.1. The van der Waals surface area contributed by atoms with Gasteiger partial charge in [-0.1, -0.05) is 26.3 Å². The molecule has 0 aliphatic carbocycles. The summed E-state index contributed by atoms with van der Waals surface area (Å²) in [6.07, 6.45) is 6.23. The summed E-state index contributed by atoms with van der Waals surface area (Å²) in [6.45, 7) is 7.53. The van der Waals surface area contributed by atoms with Crippen molar-refractivity contribution in [2.75, 3.05) is 18.4 Å². The number of amides is 2. The fraction of sp³-hybridized carbons (Fsp3) is 0.500. The van der Waals surface area contributed by atoms with E-state index in [2.05, 4.69) is 30.2 Å². The van der Waals surface area contributed by atoms with Crippen LogP contribution in [0.15, 0.2) is 24.4 Å². The number of aromatic nitrogens is 1. The summed E-state index contributed by atoms with van der Waals surface area (Å²) < 4.78 is 0. The third-order valence-corrected chi connectivity index (χ3v) is 6.51. The van der Waals surface area contributed by atoms with Gasteiger partial charge in [-0.25, -0.2) is 4.98 Å². The van der Waals surface area contributed by atoms with Gasteiger partial charge in [0, 0.05) is 30.1 Å². The van der Waals surface area contributed by atoms with Crippen molar-refractivity contribution < 1.29 is 9.59 Å². The molecule has 0 bridgehead atoms. The van der Waals surface area contributed by atoms with Crippen LogP contribution in [0.3, 0.4) is 0 Å². The number of likely N-dealkylation sites (tertiary alicyclic amines) is 1. The average molecular weight is 400 g/mol. The second kappa shape index (κ2) is 9.32. The Balaban J connectivity index is 1.56. The van der Waals surface area contributed by atoms with Crippen molar-refractivity contribution in [3.8, 4) is 0 Å². The molecule has 3 heterocycles. The van der Waals surface area contributed by atoms with E-state index >= 15 is 0 Å². The number of thiophene rings is 1. The summed E-state index contributed by atoms with van der Waals surface area (Å²) in [6, 6.07) is 5.82. The third-order valence-electron chi connectivity index (χ3n) is 5.28. The van der Waals surface area contributed by atoms with Crippen molar-refractivity contribution >= 4 is 29.0 Å². The van der Waals surface area contributed by atoms with E-state index in [0.717, 1.165) is 29.7 Å². The van der Waals surface area contributed by atoms with Crippen molar-refractivity contribution in [1.29, 1.82) is 0 Å². The van der Waals surface area contributed by atoms with Crippen molar-refractivity contribution in [3.05, 3.63) is 45.3 Å². The molecule has 2 amide bonds. The number of hydrogen-bond acceptors (Lipinski definition) is 4. The van der Waals surface area contributed by atoms with E-state index in [1.807, 2.05) is 24.0 Å². The molecule has 150 valence electrons. The summed E-state index contributed by atoms with van der Waals surface area (Å²) in [7, 11) is 0. The van der Waals surface area contributed by atoms with Crippen LogP contribution in [-0.4, -0.2) is 34.8 Å². The van der Waals surface area contributed by atoms with E-state index in [1.54, 1.807) is 17.5 Å². The lowest BCUT2D eigenvalue weighted by molar-refractivity contribution is -0.121. The second-order valence-electron chi connectivity index (χ2n) is 7.44. The van der Waals surface area contributed by atoms with Gasteiger partial charge in [0.25, 0.3) is 5.91 Å². The van der Waals surface area contributed by atoms with Gasteiger partial charge in [0.05, 0.1) is 4.88 Å². The number of hydrogen-bond donors (Lipinski definition) is 1. The summed E-state index contributed by atoms with van der Waals surface area (Å²) >= 11 is 1.64. The molecular weight excluding hydrogens is 370 g/mol. The minimum atomic E-state index is -0.0719. The molecule has 1 aliphatic heterocycles. The van der Waals surface area contributed by atoms with Crippen LogP contribution >= 0.6 is 11.3 Å². The standard InChI is InChI=1S/C22H29N3O2S/c1-4-6-18-16(5-2)13-19(28-18)22(27)25-11-9-17(10-12-25)21(26)24-20-8-7-15(3)14-23-20/h7-8,13-14,17H,4-6,9-12H2,1-3H3,(H,23,24,26). The molecular formula is C22H29N3O2S. The van der Waals surface area contributed by atoms with Crippen molar-refractivity contribution in [2.24, 2.45) is 5.92 Å². The Hall–Kier alpha value is -2.21. The number of nitrogens with one attached hydrogen (secondary N) is 1. The van der Waals surface area contributed by atoms with E-state index in [4.69, 9.17) is 0 Å². The van der Waals surface area contributed by atoms with Gasteiger partial charge in [0.15, 0.2) is 0 Å². The van der Waals surface area contributed by atoms with Crippen LogP contribution in [0.25, 0.3) is 0 Å². The van der Waals surface area contributed by atoms with E-state index < -0.39 is 0 Å². The molecule has 0 spiro atoms. The maximum absolute atomic E-state index is 12.9. The van der Waals surface area contributed by atoms with Gasteiger partial charge in [0.1, 0.15) is 5.82 Å².